The van der Waals surface area contributed by atoms with Crippen LogP contribution in [0.3, 0.4) is 0 Å². The molecule has 0 bridgehead atoms. The number of pyridine rings is 1. The zero-order valence-corrected chi connectivity index (χ0v) is 22.6. The molecule has 10 heteroatoms. The van der Waals surface area contributed by atoms with Crippen LogP contribution in [0.4, 0.5) is 5.13 Å². The van der Waals surface area contributed by atoms with Crippen molar-refractivity contribution in [2.45, 2.75) is 23.9 Å². The monoisotopic (exact) mass is 558 g/mol. The summed E-state index contributed by atoms with van der Waals surface area (Å²) in [4.78, 5) is 22.2. The lowest BCUT2D eigenvalue weighted by atomic mass is 10.1. The largest absolute Gasteiger partial charge is 0.298 e. The van der Waals surface area contributed by atoms with Crippen LogP contribution in [0.25, 0.3) is 11.4 Å². The molecule has 38 heavy (non-hydrogen) atoms. The third kappa shape index (κ3) is 6.19. The highest BCUT2D eigenvalue weighted by atomic mass is 35.5. The van der Waals surface area contributed by atoms with Gasteiger partial charge in [-0.15, -0.1) is 28.1 Å². The van der Waals surface area contributed by atoms with Crippen molar-refractivity contribution in [3.63, 3.8) is 0 Å². The highest BCUT2D eigenvalue weighted by molar-refractivity contribution is 7.98. The Labute approximate surface area is 233 Å². The Morgan fingerprint density at radius 2 is 1.87 bits per heavy atom. The third-order valence-corrected chi connectivity index (χ3v) is 7.97. The van der Waals surface area contributed by atoms with Crippen LogP contribution >= 0.6 is 34.7 Å². The van der Waals surface area contributed by atoms with Crippen LogP contribution in [-0.2, 0) is 18.7 Å². The summed E-state index contributed by atoms with van der Waals surface area (Å²) in [5, 5.41) is 13.7. The molecule has 7 nitrogen and oxygen atoms in total. The molecule has 0 atom stereocenters. The molecular formula is C28H23ClN6OS2. The standard InChI is InChI=1S/C28H23ClN6OS2/c1-2-15-35-25(20-11-13-30-14-12-20)33-34-28(35)37-18-19-7-9-21(10-8-19)26(36)32-27-31-17-23(38-27)16-22-5-3-4-6-24(22)29/h2-14,17H,1,15-16,18H2,(H,31,32,36). The van der Waals surface area contributed by atoms with Crippen LogP contribution in [0, 0.1) is 0 Å². The van der Waals surface area contributed by atoms with Gasteiger partial charge >= 0.3 is 0 Å². The zero-order valence-electron chi connectivity index (χ0n) is 20.3. The SMILES string of the molecule is C=CCn1c(SCc2ccc(C(=O)Nc3ncc(Cc4ccccc4Cl)s3)cc2)nnc1-c1ccncc1. The average Bonchev–Trinajstić information content (AvgIpc) is 3.56. The van der Waals surface area contributed by atoms with Gasteiger partial charge < -0.3 is 0 Å². The fraction of sp³-hybridized carbons (Fsp3) is 0.107. The summed E-state index contributed by atoms with van der Waals surface area (Å²) in [6, 6.07) is 19.1. The summed E-state index contributed by atoms with van der Waals surface area (Å²) >= 11 is 9.29. The van der Waals surface area contributed by atoms with Crippen molar-refractivity contribution < 1.29 is 4.79 Å². The van der Waals surface area contributed by atoms with E-state index in [1.165, 1.54) is 11.3 Å². The lowest BCUT2D eigenvalue weighted by Gasteiger charge is -2.08. The van der Waals surface area contributed by atoms with E-state index in [-0.39, 0.29) is 5.91 Å². The van der Waals surface area contributed by atoms with Crippen LogP contribution in [0.15, 0.2) is 97.1 Å². The van der Waals surface area contributed by atoms with E-state index in [0.717, 1.165) is 37.6 Å². The minimum atomic E-state index is -0.199. The average molecular weight is 559 g/mol. The van der Waals surface area contributed by atoms with Crippen molar-refractivity contribution in [2.24, 2.45) is 0 Å². The van der Waals surface area contributed by atoms with Crippen molar-refractivity contribution in [1.82, 2.24) is 24.7 Å². The first kappa shape index (κ1) is 25.8. The maximum atomic E-state index is 12.8. The van der Waals surface area contributed by atoms with E-state index in [2.05, 4.69) is 32.1 Å². The number of aromatic nitrogens is 5. The third-order valence-electron chi connectivity index (χ3n) is 5.65. The molecule has 0 saturated carbocycles. The van der Waals surface area contributed by atoms with Crippen molar-refractivity contribution in [3.8, 4) is 11.4 Å². The number of nitrogens with zero attached hydrogens (tertiary/aromatic N) is 5. The number of thiazole rings is 1. The van der Waals surface area contributed by atoms with Crippen molar-refractivity contribution in [1.29, 1.82) is 0 Å². The van der Waals surface area contributed by atoms with Gasteiger partial charge in [0, 0.05) is 58.3 Å². The fourth-order valence-corrected chi connectivity index (χ4v) is 5.69. The Balaban J connectivity index is 1.20. The molecule has 0 unspecified atom stereocenters. The topological polar surface area (TPSA) is 85.6 Å². The molecule has 0 aliphatic heterocycles. The Hall–Kier alpha value is -3.79. The molecule has 5 aromatic rings. The van der Waals surface area contributed by atoms with Gasteiger partial charge in [0.1, 0.15) is 0 Å². The lowest BCUT2D eigenvalue weighted by molar-refractivity contribution is 0.102. The molecule has 0 aliphatic rings. The fourth-order valence-electron chi connectivity index (χ4n) is 3.75. The maximum absolute atomic E-state index is 12.8. The molecule has 0 radical (unpaired) electrons. The quantitative estimate of drug-likeness (QED) is 0.150. The minimum Gasteiger partial charge on any atom is -0.298 e. The number of rotatable bonds is 10. The van der Waals surface area contributed by atoms with Crippen LogP contribution in [-0.4, -0.2) is 30.6 Å². The molecule has 3 aromatic heterocycles. The number of hydrogen-bond acceptors (Lipinski definition) is 7. The Bertz CT molecular complexity index is 1550. The van der Waals surface area contributed by atoms with Gasteiger partial charge in [-0.2, -0.15) is 0 Å². The number of carbonyl (C=O) groups excluding carboxylic acids is 1. The Kier molecular flexibility index (Phi) is 8.28. The van der Waals surface area contributed by atoms with E-state index in [1.54, 1.807) is 30.4 Å². The van der Waals surface area contributed by atoms with Crippen molar-refractivity contribution in [2.75, 3.05) is 5.32 Å². The van der Waals surface area contributed by atoms with E-state index in [4.69, 9.17) is 11.6 Å². The summed E-state index contributed by atoms with van der Waals surface area (Å²) in [5.41, 5.74) is 3.62. The van der Waals surface area contributed by atoms with Crippen molar-refractivity contribution >= 4 is 45.7 Å². The highest BCUT2D eigenvalue weighted by Crippen LogP contribution is 2.27. The van der Waals surface area contributed by atoms with Crippen LogP contribution < -0.4 is 5.32 Å². The normalized spacial score (nSPS) is 10.9. The van der Waals surface area contributed by atoms with Gasteiger partial charge in [0.2, 0.25) is 0 Å². The smallest absolute Gasteiger partial charge is 0.257 e. The predicted molar refractivity (Wildman–Crippen MR) is 154 cm³/mol. The molecule has 2 aromatic carbocycles. The number of allylic oxidation sites excluding steroid dienone is 1. The van der Waals surface area contributed by atoms with Crippen molar-refractivity contribution in [3.05, 3.63) is 118 Å². The Morgan fingerprint density at radius 1 is 1.08 bits per heavy atom. The summed E-state index contributed by atoms with van der Waals surface area (Å²) in [6.07, 6.45) is 7.75. The molecule has 0 saturated heterocycles. The molecule has 3 heterocycles. The number of carbonyl (C=O) groups is 1. The second-order valence-corrected chi connectivity index (χ2v) is 10.7. The molecule has 1 amide bonds. The van der Waals surface area contributed by atoms with Gasteiger partial charge in [0.25, 0.3) is 5.91 Å². The van der Waals surface area contributed by atoms with Gasteiger partial charge in [0.15, 0.2) is 16.1 Å². The first-order valence-electron chi connectivity index (χ1n) is 11.8. The zero-order chi connectivity index (χ0) is 26.3. The first-order chi connectivity index (χ1) is 18.6. The van der Waals surface area contributed by atoms with Gasteiger partial charge in [-0.1, -0.05) is 59.8 Å². The van der Waals surface area contributed by atoms with Crippen LogP contribution in [0.1, 0.15) is 26.4 Å². The summed E-state index contributed by atoms with van der Waals surface area (Å²) in [5.74, 6) is 1.26. The first-order valence-corrected chi connectivity index (χ1v) is 13.9. The van der Waals surface area contributed by atoms with E-state index in [1.807, 2.05) is 71.3 Å². The summed E-state index contributed by atoms with van der Waals surface area (Å²) < 4.78 is 2.03. The lowest BCUT2D eigenvalue weighted by Crippen LogP contribution is -2.11. The number of hydrogen-bond donors (Lipinski definition) is 1. The molecule has 190 valence electrons. The van der Waals surface area contributed by atoms with E-state index in [0.29, 0.717) is 29.4 Å². The summed E-state index contributed by atoms with van der Waals surface area (Å²) in [6.45, 7) is 4.46. The molecular weight excluding hydrogens is 536 g/mol. The molecule has 1 N–H and O–H groups in total. The Morgan fingerprint density at radius 3 is 2.63 bits per heavy atom. The maximum Gasteiger partial charge on any atom is 0.257 e. The van der Waals surface area contributed by atoms with Crippen LogP contribution in [0.5, 0.6) is 0 Å². The molecule has 5 rings (SSSR count). The van der Waals surface area contributed by atoms with Gasteiger partial charge in [-0.25, -0.2) is 4.98 Å². The number of amides is 1. The number of anilines is 1. The number of nitrogens with one attached hydrogen (secondary N) is 1. The highest BCUT2D eigenvalue weighted by Gasteiger charge is 2.14. The molecule has 0 spiro atoms. The van der Waals surface area contributed by atoms with E-state index in [9.17, 15) is 4.79 Å². The summed E-state index contributed by atoms with van der Waals surface area (Å²) in [7, 11) is 0. The van der Waals surface area contributed by atoms with Crippen LogP contribution in [0.2, 0.25) is 5.02 Å². The molecule has 0 fully saturated rings. The number of halogens is 1. The van der Waals surface area contributed by atoms with Gasteiger partial charge in [-0.05, 0) is 41.5 Å². The number of thioether (sulfide) groups is 1. The minimum absolute atomic E-state index is 0.199. The van der Waals surface area contributed by atoms with Gasteiger partial charge in [-0.3, -0.25) is 19.7 Å². The van der Waals surface area contributed by atoms with Gasteiger partial charge in [0.05, 0.1) is 0 Å². The predicted octanol–water partition coefficient (Wildman–Crippen LogP) is 6.77. The van der Waals surface area contributed by atoms with E-state index >= 15 is 0 Å². The number of benzene rings is 2. The molecule has 0 aliphatic carbocycles. The second kappa shape index (κ2) is 12.2. The van der Waals surface area contributed by atoms with E-state index < -0.39 is 0 Å². The second-order valence-electron chi connectivity index (χ2n) is 8.28.